The summed E-state index contributed by atoms with van der Waals surface area (Å²) >= 11 is 0. The van der Waals surface area contributed by atoms with Crippen molar-refractivity contribution >= 4 is 129 Å². The van der Waals surface area contributed by atoms with Gasteiger partial charge in [0.15, 0.2) is 0 Å². The van der Waals surface area contributed by atoms with Crippen LogP contribution >= 0.6 is 0 Å². The highest BCUT2D eigenvalue weighted by atomic mass is 14.6. The van der Waals surface area contributed by atoms with E-state index in [4.69, 9.17) is 9.97 Å². The fraction of sp³-hybridized carbons (Fsp3) is 0. The summed E-state index contributed by atoms with van der Waals surface area (Å²) in [5, 5.41) is 32.3. The lowest BCUT2D eigenvalue weighted by atomic mass is 9.74. The zero-order valence-corrected chi connectivity index (χ0v) is 22.1. The molecule has 0 aliphatic heterocycles. The van der Waals surface area contributed by atoms with Crippen LogP contribution in [0.25, 0.3) is 129 Å². The van der Waals surface area contributed by atoms with Crippen molar-refractivity contribution in [2.24, 2.45) is 0 Å². The Balaban J connectivity index is 1.64. The van der Waals surface area contributed by atoms with Crippen LogP contribution in [0.3, 0.4) is 0 Å². The van der Waals surface area contributed by atoms with Gasteiger partial charge >= 0.3 is 0 Å². The van der Waals surface area contributed by atoms with Crippen LogP contribution in [0.5, 0.6) is 0 Å². The number of hydrogen-bond acceptors (Lipinski definition) is 2. The largest absolute Gasteiger partial charge is 0.263 e. The third-order valence-electron chi connectivity index (χ3n) is 10.9. The molecule has 2 heteroatoms. The summed E-state index contributed by atoms with van der Waals surface area (Å²) in [5.74, 6) is 0. The standard InChI is InChI=1S/C40H16N2/c1-5-17-18-6-2-8-20-22-10-4-12-24-26-14-42-16-28-27-15-41-13-25-23-11-3-9-21-19(7-1)29(17)35-36(30(18)20)38(32(22)24)40(34(26)28)39(33(25)27)37(35)31(21)23/h1-16H. The second-order valence-electron chi connectivity index (χ2n) is 12.4. The predicted octanol–water partition coefficient (Wildman–Crippen LogP) is 10.9. The minimum Gasteiger partial charge on any atom is -0.263 e. The first kappa shape index (κ1) is 19.5. The van der Waals surface area contributed by atoms with Gasteiger partial charge in [-0.05, 0) is 86.2 Å². The quantitative estimate of drug-likeness (QED) is 0.146. The Morgan fingerprint density at radius 3 is 0.667 bits per heavy atom. The van der Waals surface area contributed by atoms with Crippen LogP contribution in [0.15, 0.2) is 97.6 Å². The molecule has 0 amide bonds. The van der Waals surface area contributed by atoms with E-state index in [1.807, 2.05) is 0 Å². The second kappa shape index (κ2) is 5.88. The van der Waals surface area contributed by atoms with Gasteiger partial charge in [0, 0.05) is 67.9 Å². The van der Waals surface area contributed by atoms with Crippen molar-refractivity contribution in [3.8, 4) is 0 Å². The summed E-state index contributed by atoms with van der Waals surface area (Å²) in [6, 6.07) is 27.7. The van der Waals surface area contributed by atoms with Crippen LogP contribution in [0.2, 0.25) is 0 Å². The fourth-order valence-electron chi connectivity index (χ4n) is 9.61. The van der Waals surface area contributed by atoms with E-state index >= 15 is 0 Å². The summed E-state index contributed by atoms with van der Waals surface area (Å²) in [4.78, 5) is 9.70. The van der Waals surface area contributed by atoms with Crippen LogP contribution in [0.1, 0.15) is 0 Å². The number of hydrogen-bond donors (Lipinski definition) is 0. The Labute approximate surface area is 236 Å². The molecule has 0 N–H and O–H groups in total. The molecule has 2 nitrogen and oxygen atoms in total. The topological polar surface area (TPSA) is 25.8 Å². The molecule has 0 bridgehead atoms. The Morgan fingerprint density at radius 1 is 0.214 bits per heavy atom. The predicted molar refractivity (Wildman–Crippen MR) is 179 cm³/mol. The minimum atomic E-state index is 1.20. The van der Waals surface area contributed by atoms with Crippen LogP contribution < -0.4 is 0 Å². The molecule has 0 aliphatic rings. The number of pyridine rings is 2. The van der Waals surface area contributed by atoms with E-state index in [1.165, 1.54) is 129 Å². The molecule has 0 radical (unpaired) electrons. The molecule has 186 valence electrons. The van der Waals surface area contributed by atoms with Gasteiger partial charge in [0.1, 0.15) is 0 Å². The third-order valence-corrected chi connectivity index (χ3v) is 10.9. The molecule has 0 saturated heterocycles. The highest BCUT2D eigenvalue weighted by Gasteiger charge is 2.30. The smallest absolute Gasteiger partial charge is 0.0353 e. The maximum absolute atomic E-state index is 4.85. The summed E-state index contributed by atoms with van der Waals surface area (Å²) in [5.41, 5.74) is 0. The van der Waals surface area contributed by atoms with Crippen molar-refractivity contribution < 1.29 is 0 Å². The fourth-order valence-corrected chi connectivity index (χ4v) is 9.61. The number of nitrogens with zero attached hydrogens (tertiary/aromatic N) is 2. The first-order valence-electron chi connectivity index (χ1n) is 14.7. The number of rotatable bonds is 0. The van der Waals surface area contributed by atoms with Crippen molar-refractivity contribution in [2.45, 2.75) is 0 Å². The molecule has 13 rings (SSSR count). The van der Waals surface area contributed by atoms with Gasteiger partial charge in [-0.15, -0.1) is 0 Å². The Hall–Kier alpha value is -5.60. The van der Waals surface area contributed by atoms with Crippen LogP contribution in [0, 0.1) is 0 Å². The normalized spacial score (nSPS) is 13.7. The molecule has 0 fully saturated rings. The second-order valence-corrected chi connectivity index (χ2v) is 12.4. The van der Waals surface area contributed by atoms with Crippen molar-refractivity contribution in [1.29, 1.82) is 0 Å². The van der Waals surface area contributed by atoms with E-state index in [0.29, 0.717) is 0 Å². The number of benzene rings is 11. The van der Waals surface area contributed by atoms with Gasteiger partial charge in [-0.25, -0.2) is 0 Å². The van der Waals surface area contributed by atoms with E-state index in [0.717, 1.165) is 0 Å². The molecule has 2 aromatic heterocycles. The summed E-state index contributed by atoms with van der Waals surface area (Å²) in [7, 11) is 0. The average molecular weight is 525 g/mol. The Morgan fingerprint density at radius 2 is 0.405 bits per heavy atom. The zero-order valence-electron chi connectivity index (χ0n) is 22.1. The minimum absolute atomic E-state index is 1.20. The van der Waals surface area contributed by atoms with Gasteiger partial charge in [-0.2, -0.15) is 0 Å². The number of fused-ring (bicyclic) bond motifs is 6. The summed E-state index contributed by atoms with van der Waals surface area (Å²) < 4.78 is 0. The maximum atomic E-state index is 4.85. The monoisotopic (exact) mass is 524 g/mol. The lowest BCUT2D eigenvalue weighted by Gasteiger charge is -2.28. The van der Waals surface area contributed by atoms with Gasteiger partial charge in [-0.1, -0.05) is 72.8 Å². The first-order valence-corrected chi connectivity index (χ1v) is 14.7. The summed E-state index contributed by atoms with van der Waals surface area (Å²) in [6.07, 6.45) is 8.35. The molecule has 0 atom stereocenters. The van der Waals surface area contributed by atoms with E-state index in [1.54, 1.807) is 0 Å². The van der Waals surface area contributed by atoms with E-state index in [9.17, 15) is 0 Å². The number of aromatic nitrogens is 2. The van der Waals surface area contributed by atoms with Crippen molar-refractivity contribution in [2.75, 3.05) is 0 Å². The first-order chi connectivity index (χ1) is 20.9. The highest BCUT2D eigenvalue weighted by Crippen LogP contribution is 2.59. The van der Waals surface area contributed by atoms with Crippen molar-refractivity contribution in [3.05, 3.63) is 97.6 Å². The van der Waals surface area contributed by atoms with E-state index < -0.39 is 0 Å². The molecular formula is C40H16N2. The third kappa shape index (κ3) is 1.70. The molecule has 0 aliphatic carbocycles. The lowest BCUT2D eigenvalue weighted by molar-refractivity contribution is 1.38. The Kier molecular flexibility index (Phi) is 2.73. The highest BCUT2D eigenvalue weighted by molar-refractivity contribution is 6.60. The molecular weight excluding hydrogens is 508 g/mol. The zero-order chi connectivity index (χ0) is 26.6. The van der Waals surface area contributed by atoms with Gasteiger partial charge in [-0.3, -0.25) is 9.97 Å². The molecule has 11 aromatic carbocycles. The Bertz CT molecular complexity index is 2530. The molecule has 0 spiro atoms. The van der Waals surface area contributed by atoms with Crippen LogP contribution in [-0.4, -0.2) is 9.97 Å². The van der Waals surface area contributed by atoms with Crippen LogP contribution in [0.4, 0.5) is 0 Å². The van der Waals surface area contributed by atoms with Crippen molar-refractivity contribution in [1.82, 2.24) is 9.97 Å². The molecule has 13 aromatic rings. The molecule has 0 unspecified atom stereocenters. The molecule has 0 saturated carbocycles. The molecule has 2 heterocycles. The average Bonchev–Trinajstić information content (AvgIpc) is 3.06. The lowest BCUT2D eigenvalue weighted by Crippen LogP contribution is -2.00. The van der Waals surface area contributed by atoms with Crippen molar-refractivity contribution in [3.63, 3.8) is 0 Å². The van der Waals surface area contributed by atoms with Gasteiger partial charge in [0.2, 0.25) is 0 Å². The SMILES string of the molecule is c1cc2c3cccc4c5cccc6c7cncc8c9cncc%10c%11cccc%12c(c1)c2c1c(c34)c(c56)c(c78)c(c%109)c1c%12%11. The van der Waals surface area contributed by atoms with Gasteiger partial charge in [0.25, 0.3) is 0 Å². The summed E-state index contributed by atoms with van der Waals surface area (Å²) in [6.45, 7) is 0. The molecule has 42 heavy (non-hydrogen) atoms. The van der Waals surface area contributed by atoms with Gasteiger partial charge < -0.3 is 0 Å². The van der Waals surface area contributed by atoms with Crippen LogP contribution in [-0.2, 0) is 0 Å². The maximum Gasteiger partial charge on any atom is 0.0353 e. The van der Waals surface area contributed by atoms with E-state index in [2.05, 4.69) is 97.6 Å². The van der Waals surface area contributed by atoms with E-state index in [-0.39, 0.29) is 0 Å². The van der Waals surface area contributed by atoms with Gasteiger partial charge in [0.05, 0.1) is 0 Å².